The molecule has 0 aliphatic carbocycles. The summed E-state index contributed by atoms with van der Waals surface area (Å²) in [5, 5.41) is 11.5. The second-order valence-electron chi connectivity index (χ2n) is 7.93. The summed E-state index contributed by atoms with van der Waals surface area (Å²) in [6.07, 6.45) is 0.974. The first-order valence-electron chi connectivity index (χ1n) is 10.2. The second-order valence-corrected chi connectivity index (χ2v) is 7.93. The maximum atomic E-state index is 9.38. The average molecular weight is 402 g/mol. The summed E-state index contributed by atoms with van der Waals surface area (Å²) >= 11 is 0. The van der Waals surface area contributed by atoms with Crippen molar-refractivity contribution in [3.8, 4) is 17.6 Å². The summed E-state index contributed by atoms with van der Waals surface area (Å²) in [7, 11) is 3.35. The first-order chi connectivity index (χ1) is 14.5. The van der Waals surface area contributed by atoms with E-state index in [-0.39, 0.29) is 6.04 Å². The number of hydrogen-bond acceptors (Lipinski definition) is 5. The van der Waals surface area contributed by atoms with Gasteiger partial charge in [0, 0.05) is 19.1 Å². The molecule has 0 fully saturated rings. The molecule has 1 atom stereocenters. The lowest BCUT2D eigenvalue weighted by Gasteiger charge is -2.36. The van der Waals surface area contributed by atoms with Gasteiger partial charge in [0.15, 0.2) is 11.5 Å². The number of nitrogen functional groups attached to an aromatic ring is 1. The van der Waals surface area contributed by atoms with E-state index in [9.17, 15) is 5.26 Å². The number of nitrogens with two attached hydrogens (primary N) is 1. The van der Waals surface area contributed by atoms with Gasteiger partial charge in [-0.05, 0) is 77.6 Å². The fourth-order valence-corrected chi connectivity index (χ4v) is 4.49. The standard InChI is InChI=1S/C25H27N3O2/c1-15-21-6-5-17(9-19(21)10-20(13-26)25(15)27)14-28-8-7-18-11-23(29-3)24(30-4)12-22(18)16(28)2/h5-6,9-12,16H,7-8,14,27H2,1-4H3. The zero-order chi connectivity index (χ0) is 21.4. The maximum Gasteiger partial charge on any atom is 0.161 e. The fourth-order valence-electron chi connectivity index (χ4n) is 4.49. The first kappa shape index (κ1) is 20.1. The third-order valence-corrected chi connectivity index (χ3v) is 6.33. The Bertz CT molecular complexity index is 1160. The van der Waals surface area contributed by atoms with Gasteiger partial charge in [-0.25, -0.2) is 0 Å². The van der Waals surface area contributed by atoms with Gasteiger partial charge < -0.3 is 15.2 Å². The minimum Gasteiger partial charge on any atom is -0.493 e. The molecule has 0 aromatic heterocycles. The Morgan fingerprint density at radius 1 is 1.13 bits per heavy atom. The van der Waals surface area contributed by atoms with Crippen molar-refractivity contribution in [2.45, 2.75) is 32.9 Å². The van der Waals surface area contributed by atoms with Crippen LogP contribution in [0.3, 0.4) is 0 Å². The van der Waals surface area contributed by atoms with Gasteiger partial charge in [-0.15, -0.1) is 0 Å². The molecule has 5 nitrogen and oxygen atoms in total. The topological polar surface area (TPSA) is 71.5 Å². The third-order valence-electron chi connectivity index (χ3n) is 6.33. The van der Waals surface area contributed by atoms with Crippen LogP contribution in [0, 0.1) is 18.3 Å². The highest BCUT2D eigenvalue weighted by molar-refractivity contribution is 5.92. The van der Waals surface area contributed by atoms with E-state index >= 15 is 0 Å². The van der Waals surface area contributed by atoms with E-state index in [4.69, 9.17) is 15.2 Å². The number of fused-ring (bicyclic) bond motifs is 2. The van der Waals surface area contributed by atoms with Crippen LogP contribution in [0.15, 0.2) is 36.4 Å². The summed E-state index contributed by atoms with van der Waals surface area (Å²) in [5.74, 6) is 1.56. The van der Waals surface area contributed by atoms with Gasteiger partial charge in [-0.3, -0.25) is 4.90 Å². The summed E-state index contributed by atoms with van der Waals surface area (Å²) < 4.78 is 11.0. The van der Waals surface area contributed by atoms with Gasteiger partial charge in [0.1, 0.15) is 6.07 Å². The molecule has 1 aliphatic heterocycles. The molecule has 4 rings (SSSR count). The highest BCUT2D eigenvalue weighted by Crippen LogP contribution is 2.38. The van der Waals surface area contributed by atoms with Crippen LogP contribution < -0.4 is 15.2 Å². The smallest absolute Gasteiger partial charge is 0.161 e. The molecule has 154 valence electrons. The minimum absolute atomic E-state index is 0.270. The number of benzene rings is 3. The summed E-state index contributed by atoms with van der Waals surface area (Å²) in [6, 6.07) is 15.1. The largest absolute Gasteiger partial charge is 0.493 e. The average Bonchev–Trinajstić information content (AvgIpc) is 2.77. The van der Waals surface area contributed by atoms with E-state index < -0.39 is 0 Å². The Kier molecular flexibility index (Phi) is 5.27. The third kappa shape index (κ3) is 3.34. The quantitative estimate of drug-likeness (QED) is 0.640. The molecule has 2 N–H and O–H groups in total. The predicted octanol–water partition coefficient (Wildman–Crippen LogP) is 4.74. The summed E-state index contributed by atoms with van der Waals surface area (Å²) in [6.45, 7) is 6.04. The molecule has 0 amide bonds. The van der Waals surface area contributed by atoms with Crippen molar-refractivity contribution in [1.82, 2.24) is 4.90 Å². The number of rotatable bonds is 4. The van der Waals surface area contributed by atoms with Crippen molar-refractivity contribution in [2.24, 2.45) is 0 Å². The Morgan fingerprint density at radius 3 is 2.57 bits per heavy atom. The van der Waals surface area contributed by atoms with Crippen LogP contribution >= 0.6 is 0 Å². The van der Waals surface area contributed by atoms with Crippen molar-refractivity contribution in [3.05, 3.63) is 64.2 Å². The molecular weight excluding hydrogens is 374 g/mol. The van der Waals surface area contributed by atoms with Crippen molar-refractivity contribution in [1.29, 1.82) is 5.26 Å². The number of ether oxygens (including phenoxy) is 2. The van der Waals surface area contributed by atoms with Gasteiger partial charge in [-0.2, -0.15) is 5.26 Å². The lowest BCUT2D eigenvalue weighted by atomic mass is 9.92. The number of hydrogen-bond donors (Lipinski definition) is 1. The van der Waals surface area contributed by atoms with Crippen molar-refractivity contribution < 1.29 is 9.47 Å². The molecule has 5 heteroatoms. The normalized spacial score (nSPS) is 16.2. The Balaban J connectivity index is 1.64. The molecule has 0 saturated heterocycles. The van der Waals surface area contributed by atoms with E-state index in [1.807, 2.05) is 13.0 Å². The molecule has 3 aromatic carbocycles. The van der Waals surface area contributed by atoms with Crippen molar-refractivity contribution in [2.75, 3.05) is 26.5 Å². The lowest BCUT2D eigenvalue weighted by molar-refractivity contribution is 0.189. The molecule has 0 bridgehead atoms. The van der Waals surface area contributed by atoms with E-state index in [2.05, 4.69) is 48.2 Å². The number of nitriles is 1. The molecular formula is C25H27N3O2. The number of nitrogens with zero attached hydrogens (tertiary/aromatic N) is 2. The van der Waals surface area contributed by atoms with Crippen LogP contribution in [-0.2, 0) is 13.0 Å². The van der Waals surface area contributed by atoms with E-state index in [1.54, 1.807) is 14.2 Å². The second kappa shape index (κ2) is 7.89. The number of anilines is 1. The van der Waals surface area contributed by atoms with Gasteiger partial charge >= 0.3 is 0 Å². The fraction of sp³-hybridized carbons (Fsp3) is 0.320. The van der Waals surface area contributed by atoms with E-state index in [1.165, 1.54) is 16.7 Å². The van der Waals surface area contributed by atoms with Crippen LogP contribution in [0.5, 0.6) is 11.5 Å². The SMILES string of the molecule is COc1cc2c(cc1OC)C(C)N(Cc1ccc3c(C)c(N)c(C#N)cc3c1)CC2. The zero-order valence-electron chi connectivity index (χ0n) is 18.0. The summed E-state index contributed by atoms with van der Waals surface area (Å²) in [5.41, 5.74) is 12.0. The van der Waals surface area contributed by atoms with E-state index in [0.717, 1.165) is 47.3 Å². The Morgan fingerprint density at radius 2 is 1.87 bits per heavy atom. The first-order valence-corrected chi connectivity index (χ1v) is 10.2. The van der Waals surface area contributed by atoms with Gasteiger partial charge in [0.05, 0.1) is 25.5 Å². The van der Waals surface area contributed by atoms with Crippen LogP contribution in [0.4, 0.5) is 5.69 Å². The molecule has 30 heavy (non-hydrogen) atoms. The maximum absolute atomic E-state index is 9.38. The zero-order valence-corrected chi connectivity index (χ0v) is 18.0. The van der Waals surface area contributed by atoms with Gasteiger partial charge in [0.2, 0.25) is 0 Å². The van der Waals surface area contributed by atoms with E-state index in [0.29, 0.717) is 11.3 Å². The molecule has 0 spiro atoms. The highest BCUT2D eigenvalue weighted by atomic mass is 16.5. The summed E-state index contributed by atoms with van der Waals surface area (Å²) in [4.78, 5) is 2.48. The minimum atomic E-state index is 0.270. The van der Waals surface area contributed by atoms with Crippen molar-refractivity contribution >= 4 is 16.5 Å². The molecule has 0 radical (unpaired) electrons. The Labute approximate surface area is 177 Å². The van der Waals surface area contributed by atoms with Crippen molar-refractivity contribution in [3.63, 3.8) is 0 Å². The predicted molar refractivity (Wildman–Crippen MR) is 120 cm³/mol. The Hall–Kier alpha value is -3.23. The van der Waals surface area contributed by atoms with Gasteiger partial charge in [0.25, 0.3) is 0 Å². The number of aryl methyl sites for hydroxylation is 1. The highest BCUT2D eigenvalue weighted by Gasteiger charge is 2.26. The molecule has 3 aromatic rings. The molecule has 1 heterocycles. The molecule has 1 aliphatic rings. The van der Waals surface area contributed by atoms with Crippen LogP contribution in [0.25, 0.3) is 10.8 Å². The molecule has 1 unspecified atom stereocenters. The lowest BCUT2D eigenvalue weighted by Crippen LogP contribution is -2.33. The molecule has 0 saturated carbocycles. The van der Waals surface area contributed by atoms with Crippen LogP contribution in [-0.4, -0.2) is 25.7 Å². The van der Waals surface area contributed by atoms with Crippen LogP contribution in [0.2, 0.25) is 0 Å². The monoisotopic (exact) mass is 401 g/mol. The number of methoxy groups -OCH3 is 2. The van der Waals surface area contributed by atoms with Gasteiger partial charge in [-0.1, -0.05) is 12.1 Å². The van der Waals surface area contributed by atoms with Crippen LogP contribution in [0.1, 0.15) is 40.8 Å².